The van der Waals surface area contributed by atoms with Crippen molar-refractivity contribution in [3.63, 3.8) is 0 Å². The van der Waals surface area contributed by atoms with Crippen molar-refractivity contribution in [2.24, 2.45) is 0 Å². The fourth-order valence-electron chi connectivity index (χ4n) is 5.47. The maximum atomic E-state index is 7.02. The molecule has 0 aromatic heterocycles. The third kappa shape index (κ3) is 4.58. The highest BCUT2D eigenvalue weighted by Gasteiger charge is 2.27. The van der Waals surface area contributed by atoms with E-state index in [4.69, 9.17) is 11.6 Å². The molecule has 6 aromatic rings. The van der Waals surface area contributed by atoms with Crippen LogP contribution in [0.1, 0.15) is 0 Å². The lowest BCUT2D eigenvalue weighted by Crippen LogP contribution is -2.16. The van der Waals surface area contributed by atoms with Crippen LogP contribution in [-0.4, -0.2) is 0 Å². The van der Waals surface area contributed by atoms with Crippen LogP contribution in [0.15, 0.2) is 169 Å². The molecule has 0 bridgehead atoms. The van der Waals surface area contributed by atoms with Crippen LogP contribution < -0.4 is 9.80 Å². The Hall–Kier alpha value is -3.74. The van der Waals surface area contributed by atoms with Gasteiger partial charge in [0.25, 0.3) is 0 Å². The first-order valence-corrected chi connectivity index (χ1v) is 16.5. The number of anilines is 6. The Labute approximate surface area is 263 Å². The van der Waals surface area contributed by atoms with Crippen LogP contribution in [0.4, 0.5) is 34.1 Å². The van der Waals surface area contributed by atoms with Gasteiger partial charge in [0, 0.05) is 52.1 Å². The van der Waals surface area contributed by atoms with Gasteiger partial charge in [-0.25, -0.2) is 0 Å². The van der Waals surface area contributed by atoms with Gasteiger partial charge in [-0.15, -0.1) is 0 Å². The molecule has 2 nitrogen and oxygen atoms in total. The van der Waals surface area contributed by atoms with Gasteiger partial charge >= 0.3 is 0 Å². The SMILES string of the molecule is Clc1cc(N(c2ccccc2)c2ccc3c(c2)Sc2ccccc2N3c2ccccc2)cc2c1Sc1ccccc1S2. The lowest BCUT2D eigenvalue weighted by molar-refractivity contribution is 1.13. The van der Waals surface area contributed by atoms with Gasteiger partial charge in [0.15, 0.2) is 0 Å². The molecular weight excluding hydrogens is 592 g/mol. The summed E-state index contributed by atoms with van der Waals surface area (Å²) < 4.78 is 0. The minimum absolute atomic E-state index is 0.770. The third-order valence-corrected chi connectivity index (χ3v) is 11.4. The van der Waals surface area contributed by atoms with E-state index in [1.807, 2.05) is 11.8 Å². The highest BCUT2D eigenvalue weighted by Crippen LogP contribution is 2.55. The van der Waals surface area contributed by atoms with E-state index in [0.717, 1.165) is 32.7 Å². The maximum absolute atomic E-state index is 7.02. The van der Waals surface area contributed by atoms with Crippen molar-refractivity contribution in [3.05, 3.63) is 145 Å². The number of para-hydroxylation sites is 3. The smallest absolute Gasteiger partial charge is 0.0603 e. The monoisotopic (exact) mass is 614 g/mol. The summed E-state index contributed by atoms with van der Waals surface area (Å²) in [6, 6.07) is 49.5. The minimum atomic E-state index is 0.770. The molecule has 0 N–H and O–H groups in total. The molecule has 0 amide bonds. The second-order valence-corrected chi connectivity index (χ2v) is 13.6. The standard InChI is InChI=1S/C36H23ClN2S3/c37-28-21-27(23-35-36(28)42-33-18-10-9-17-32(33)41-35)38(24-11-3-1-4-12-24)26-19-20-30-34(22-26)40-31-16-8-7-15-29(31)39(30)25-13-5-2-6-14-25/h1-23H. The second kappa shape index (κ2) is 10.8. The quantitative estimate of drug-likeness (QED) is 0.194. The second-order valence-electron chi connectivity index (χ2n) is 9.97. The number of hydrogen-bond acceptors (Lipinski definition) is 5. The molecule has 0 fully saturated rings. The molecule has 0 radical (unpaired) electrons. The summed E-state index contributed by atoms with van der Waals surface area (Å²) in [5.74, 6) is 0. The zero-order valence-corrected chi connectivity index (χ0v) is 25.5. The molecule has 0 aliphatic carbocycles. The zero-order chi connectivity index (χ0) is 28.0. The Bertz CT molecular complexity index is 1950. The predicted molar refractivity (Wildman–Crippen MR) is 180 cm³/mol. The number of benzene rings is 6. The van der Waals surface area contributed by atoms with Gasteiger partial charge in [-0.05, 0) is 78.9 Å². The van der Waals surface area contributed by atoms with E-state index in [-0.39, 0.29) is 0 Å². The number of fused-ring (bicyclic) bond motifs is 4. The largest absolute Gasteiger partial charge is 0.310 e. The summed E-state index contributed by atoms with van der Waals surface area (Å²) in [5.41, 5.74) is 6.74. The molecule has 0 saturated heterocycles. The lowest BCUT2D eigenvalue weighted by Gasteiger charge is -2.34. The highest BCUT2D eigenvalue weighted by molar-refractivity contribution is 8.05. The molecule has 202 valence electrons. The third-order valence-electron chi connectivity index (χ3n) is 7.33. The maximum Gasteiger partial charge on any atom is 0.0603 e. The molecular formula is C36H23ClN2S3. The molecule has 0 spiro atoms. The Morgan fingerprint density at radius 2 is 1.05 bits per heavy atom. The average molecular weight is 615 g/mol. The molecule has 0 unspecified atom stereocenters. The first-order chi connectivity index (χ1) is 20.7. The summed E-state index contributed by atoms with van der Waals surface area (Å²) in [6.07, 6.45) is 0. The summed E-state index contributed by atoms with van der Waals surface area (Å²) in [7, 11) is 0. The van der Waals surface area contributed by atoms with Gasteiger partial charge in [-0.2, -0.15) is 0 Å². The van der Waals surface area contributed by atoms with E-state index in [1.54, 1.807) is 23.5 Å². The van der Waals surface area contributed by atoms with Crippen LogP contribution in [0, 0.1) is 0 Å². The fourth-order valence-corrected chi connectivity index (χ4v) is 9.23. The van der Waals surface area contributed by atoms with Crippen molar-refractivity contribution in [1.29, 1.82) is 0 Å². The predicted octanol–water partition coefficient (Wildman–Crippen LogP) is 12.4. The van der Waals surface area contributed by atoms with Crippen LogP contribution in [0.3, 0.4) is 0 Å². The average Bonchev–Trinajstić information content (AvgIpc) is 3.04. The first kappa shape index (κ1) is 25.9. The van der Waals surface area contributed by atoms with Gasteiger partial charge in [0.1, 0.15) is 0 Å². The minimum Gasteiger partial charge on any atom is -0.310 e. The lowest BCUT2D eigenvalue weighted by atomic mass is 10.1. The Morgan fingerprint density at radius 1 is 0.452 bits per heavy atom. The van der Waals surface area contributed by atoms with Crippen LogP contribution in [0.5, 0.6) is 0 Å². The summed E-state index contributed by atoms with van der Waals surface area (Å²) >= 11 is 12.4. The summed E-state index contributed by atoms with van der Waals surface area (Å²) in [4.78, 5) is 11.9. The Balaban J connectivity index is 1.26. The van der Waals surface area contributed by atoms with Crippen molar-refractivity contribution in [1.82, 2.24) is 0 Å². The van der Waals surface area contributed by atoms with Gasteiger partial charge in [-0.1, -0.05) is 108 Å². The molecule has 0 atom stereocenters. The number of halogens is 1. The highest BCUT2D eigenvalue weighted by atomic mass is 35.5. The number of hydrogen-bond donors (Lipinski definition) is 0. The van der Waals surface area contributed by atoms with Crippen LogP contribution in [-0.2, 0) is 0 Å². The molecule has 0 saturated carbocycles. The van der Waals surface area contributed by atoms with E-state index in [0.29, 0.717) is 0 Å². The van der Waals surface area contributed by atoms with Gasteiger partial charge in [-0.3, -0.25) is 0 Å². The van der Waals surface area contributed by atoms with Crippen LogP contribution >= 0.6 is 46.9 Å². The molecule has 2 aliphatic rings. The molecule has 2 heterocycles. The molecule has 6 heteroatoms. The Morgan fingerprint density at radius 3 is 1.83 bits per heavy atom. The van der Waals surface area contributed by atoms with E-state index < -0.39 is 0 Å². The Kier molecular flexibility index (Phi) is 6.69. The molecule has 8 rings (SSSR count). The van der Waals surface area contributed by atoms with E-state index in [1.165, 1.54) is 35.9 Å². The number of nitrogens with zero attached hydrogens (tertiary/aromatic N) is 2. The topological polar surface area (TPSA) is 6.48 Å². The van der Waals surface area contributed by atoms with Gasteiger partial charge in [0.2, 0.25) is 0 Å². The normalized spacial score (nSPS) is 13.0. The van der Waals surface area contributed by atoms with E-state index >= 15 is 0 Å². The van der Waals surface area contributed by atoms with Gasteiger partial charge < -0.3 is 9.80 Å². The number of rotatable bonds is 4. The van der Waals surface area contributed by atoms with Crippen molar-refractivity contribution in [2.75, 3.05) is 9.80 Å². The van der Waals surface area contributed by atoms with E-state index in [2.05, 4.69) is 149 Å². The fraction of sp³-hybridized carbons (Fsp3) is 0. The van der Waals surface area contributed by atoms with Gasteiger partial charge in [0.05, 0.1) is 16.4 Å². The first-order valence-electron chi connectivity index (χ1n) is 13.6. The molecule has 42 heavy (non-hydrogen) atoms. The van der Waals surface area contributed by atoms with Crippen LogP contribution in [0.2, 0.25) is 5.02 Å². The van der Waals surface area contributed by atoms with Crippen molar-refractivity contribution in [3.8, 4) is 0 Å². The van der Waals surface area contributed by atoms with Crippen molar-refractivity contribution >= 4 is 81.0 Å². The summed E-state index contributed by atoms with van der Waals surface area (Å²) in [5, 5.41) is 0.770. The van der Waals surface area contributed by atoms with Crippen molar-refractivity contribution < 1.29 is 0 Å². The molecule has 6 aromatic carbocycles. The van der Waals surface area contributed by atoms with E-state index in [9.17, 15) is 0 Å². The van der Waals surface area contributed by atoms with Crippen molar-refractivity contribution in [2.45, 2.75) is 29.4 Å². The van der Waals surface area contributed by atoms with Crippen LogP contribution in [0.25, 0.3) is 0 Å². The zero-order valence-electron chi connectivity index (χ0n) is 22.3. The summed E-state index contributed by atoms with van der Waals surface area (Å²) in [6.45, 7) is 0. The molecule has 2 aliphatic heterocycles.